The van der Waals surface area contributed by atoms with Gasteiger partial charge in [-0.15, -0.1) is 0 Å². The van der Waals surface area contributed by atoms with E-state index < -0.39 is 12.0 Å². The van der Waals surface area contributed by atoms with E-state index in [1.54, 1.807) is 0 Å². The van der Waals surface area contributed by atoms with Crippen LogP contribution in [-0.2, 0) is 9.59 Å². The van der Waals surface area contributed by atoms with E-state index >= 15 is 0 Å². The minimum atomic E-state index is -0.967. The number of carbonyl (C=O) groups excluding carboxylic acids is 1. The van der Waals surface area contributed by atoms with Gasteiger partial charge in [0, 0.05) is 12.6 Å². The number of hydrogen-bond acceptors (Lipinski definition) is 4. The number of hydrogen-bond donors (Lipinski definition) is 3. The van der Waals surface area contributed by atoms with E-state index in [0.717, 1.165) is 24.2 Å². The van der Waals surface area contributed by atoms with Gasteiger partial charge in [-0.2, -0.15) is 0 Å². The molecule has 0 aromatic heterocycles. The Kier molecular flexibility index (Phi) is 5.54. The predicted octanol–water partition coefficient (Wildman–Crippen LogP) is 1.16. The molecule has 0 bridgehead atoms. The number of carboxylic acid groups (broad SMARTS) is 1. The number of carboxylic acids is 1. The second-order valence-electron chi connectivity index (χ2n) is 6.42. The molecule has 2 saturated carbocycles. The zero-order valence-corrected chi connectivity index (χ0v) is 12.0. The average molecular weight is 282 g/mol. The van der Waals surface area contributed by atoms with Crippen molar-refractivity contribution >= 4 is 12.3 Å². The fourth-order valence-corrected chi connectivity index (χ4v) is 3.07. The van der Waals surface area contributed by atoms with Gasteiger partial charge >= 0.3 is 5.97 Å². The highest BCUT2D eigenvalue weighted by Crippen LogP contribution is 2.51. The number of aldehydes is 1. The summed E-state index contributed by atoms with van der Waals surface area (Å²) in [6.07, 6.45) is 8.18. The molecule has 0 aromatic carbocycles. The van der Waals surface area contributed by atoms with Crippen molar-refractivity contribution < 1.29 is 14.7 Å². The van der Waals surface area contributed by atoms with E-state index in [1.165, 1.54) is 32.1 Å². The van der Waals surface area contributed by atoms with Crippen LogP contribution in [0.3, 0.4) is 0 Å². The number of aliphatic carboxylic acids is 1. The zero-order chi connectivity index (χ0) is 14.5. The van der Waals surface area contributed by atoms with Gasteiger partial charge in [0.05, 0.1) is 12.5 Å². The number of nitrogens with one attached hydrogen (secondary N) is 1. The van der Waals surface area contributed by atoms with Crippen molar-refractivity contribution in [3.05, 3.63) is 0 Å². The van der Waals surface area contributed by atoms with Crippen LogP contribution in [0.15, 0.2) is 0 Å². The van der Waals surface area contributed by atoms with Gasteiger partial charge in [0.2, 0.25) is 0 Å². The van der Waals surface area contributed by atoms with Crippen LogP contribution in [0.4, 0.5) is 0 Å². The molecule has 2 rings (SSSR count). The molecular formula is C15H26N2O3. The van der Waals surface area contributed by atoms with Gasteiger partial charge in [-0.3, -0.25) is 4.79 Å². The maximum atomic E-state index is 10.7. The minimum Gasteiger partial charge on any atom is -0.481 e. The van der Waals surface area contributed by atoms with Gasteiger partial charge in [-0.05, 0) is 56.3 Å². The highest BCUT2D eigenvalue weighted by molar-refractivity contribution is 5.73. The number of nitrogens with two attached hydrogens (primary N) is 1. The average Bonchev–Trinajstić information content (AvgIpc) is 3.26. The fraction of sp³-hybridized carbons (Fsp3) is 0.867. The highest BCUT2D eigenvalue weighted by atomic mass is 16.4. The third kappa shape index (κ3) is 5.21. The molecule has 0 aliphatic heterocycles. The van der Waals surface area contributed by atoms with Gasteiger partial charge in [0.1, 0.15) is 6.29 Å². The smallest absolute Gasteiger partial charge is 0.305 e. The Morgan fingerprint density at radius 3 is 2.30 bits per heavy atom. The normalized spacial score (nSPS) is 21.7. The SMILES string of the molecule is NC(CCC(C1CC1)C1CC1)CN[C@H](C=O)CC(=O)O. The van der Waals surface area contributed by atoms with Gasteiger partial charge in [-0.1, -0.05) is 0 Å². The van der Waals surface area contributed by atoms with E-state index in [9.17, 15) is 9.59 Å². The summed E-state index contributed by atoms with van der Waals surface area (Å²) < 4.78 is 0. The van der Waals surface area contributed by atoms with Crippen LogP contribution in [0.2, 0.25) is 0 Å². The third-order valence-corrected chi connectivity index (χ3v) is 4.53. The standard InChI is InChI=1S/C15H26N2O3/c16-12(8-17-13(9-18)7-15(19)20)5-6-14(10-1-2-10)11-3-4-11/h9-14,17H,1-8,16H2,(H,19,20)/t12?,13-/m0/s1. The molecule has 0 spiro atoms. The van der Waals surface area contributed by atoms with Gasteiger partial charge in [0.15, 0.2) is 0 Å². The van der Waals surface area contributed by atoms with E-state index in [-0.39, 0.29) is 12.5 Å². The molecule has 0 heterocycles. The Balaban J connectivity index is 1.62. The molecular weight excluding hydrogens is 256 g/mol. The fourth-order valence-electron chi connectivity index (χ4n) is 3.07. The zero-order valence-electron chi connectivity index (χ0n) is 12.0. The first-order valence-electron chi connectivity index (χ1n) is 7.76. The van der Waals surface area contributed by atoms with Crippen molar-refractivity contribution in [1.29, 1.82) is 0 Å². The van der Waals surface area contributed by atoms with Gasteiger partial charge in [-0.25, -0.2) is 0 Å². The Morgan fingerprint density at radius 1 is 1.25 bits per heavy atom. The summed E-state index contributed by atoms with van der Waals surface area (Å²) in [6, 6.07) is -0.618. The maximum absolute atomic E-state index is 10.7. The summed E-state index contributed by atoms with van der Waals surface area (Å²) in [5.41, 5.74) is 6.07. The van der Waals surface area contributed by atoms with Crippen molar-refractivity contribution in [1.82, 2.24) is 5.32 Å². The highest BCUT2D eigenvalue weighted by Gasteiger charge is 2.40. The molecule has 2 fully saturated rings. The molecule has 20 heavy (non-hydrogen) atoms. The molecule has 0 saturated heterocycles. The Labute approximate surface area is 120 Å². The lowest BCUT2D eigenvalue weighted by Gasteiger charge is -2.20. The van der Waals surface area contributed by atoms with Crippen molar-refractivity contribution in [3.8, 4) is 0 Å². The second-order valence-corrected chi connectivity index (χ2v) is 6.42. The van der Waals surface area contributed by atoms with Crippen molar-refractivity contribution in [2.24, 2.45) is 23.5 Å². The Bertz CT molecular complexity index is 328. The Morgan fingerprint density at radius 2 is 1.85 bits per heavy atom. The lowest BCUT2D eigenvalue weighted by molar-refractivity contribution is -0.138. The van der Waals surface area contributed by atoms with Crippen LogP contribution < -0.4 is 11.1 Å². The summed E-state index contributed by atoms with van der Waals surface area (Å²) in [6.45, 7) is 0.513. The summed E-state index contributed by atoms with van der Waals surface area (Å²) in [7, 11) is 0. The molecule has 4 N–H and O–H groups in total. The summed E-state index contributed by atoms with van der Waals surface area (Å²) in [5.74, 6) is 1.78. The topological polar surface area (TPSA) is 92.4 Å². The molecule has 2 aliphatic rings. The molecule has 5 heteroatoms. The van der Waals surface area contributed by atoms with Crippen LogP contribution >= 0.6 is 0 Å². The third-order valence-electron chi connectivity index (χ3n) is 4.53. The Hall–Kier alpha value is -0.940. The first-order chi connectivity index (χ1) is 9.60. The van der Waals surface area contributed by atoms with Crippen molar-refractivity contribution in [3.63, 3.8) is 0 Å². The monoisotopic (exact) mass is 282 g/mol. The molecule has 0 amide bonds. The van der Waals surface area contributed by atoms with Crippen LogP contribution in [-0.4, -0.2) is 36.0 Å². The van der Waals surface area contributed by atoms with Crippen LogP contribution in [0.5, 0.6) is 0 Å². The molecule has 0 aromatic rings. The first-order valence-corrected chi connectivity index (χ1v) is 7.76. The molecule has 0 radical (unpaired) electrons. The summed E-state index contributed by atoms with van der Waals surface area (Å²) in [5, 5.41) is 11.6. The van der Waals surface area contributed by atoms with E-state index in [2.05, 4.69) is 5.32 Å². The lowest BCUT2D eigenvalue weighted by Crippen LogP contribution is -2.41. The molecule has 5 nitrogen and oxygen atoms in total. The van der Waals surface area contributed by atoms with Gasteiger partial charge < -0.3 is 21.0 Å². The van der Waals surface area contributed by atoms with Crippen LogP contribution in [0.25, 0.3) is 0 Å². The maximum Gasteiger partial charge on any atom is 0.305 e. The molecule has 114 valence electrons. The number of carbonyl (C=O) groups is 2. The predicted molar refractivity (Wildman–Crippen MR) is 76.3 cm³/mol. The van der Waals surface area contributed by atoms with E-state index in [1.807, 2.05) is 0 Å². The molecule has 2 aliphatic carbocycles. The summed E-state index contributed by atoms with van der Waals surface area (Å²) >= 11 is 0. The molecule has 1 unspecified atom stereocenters. The van der Waals surface area contributed by atoms with E-state index in [0.29, 0.717) is 12.8 Å². The largest absolute Gasteiger partial charge is 0.481 e. The van der Waals surface area contributed by atoms with E-state index in [4.69, 9.17) is 10.8 Å². The quantitative estimate of drug-likeness (QED) is 0.495. The minimum absolute atomic E-state index is 0.00578. The van der Waals surface area contributed by atoms with Crippen molar-refractivity contribution in [2.75, 3.05) is 6.54 Å². The lowest BCUT2D eigenvalue weighted by atomic mass is 9.91. The first kappa shape index (κ1) is 15.4. The van der Waals surface area contributed by atoms with Crippen molar-refractivity contribution in [2.45, 2.75) is 57.0 Å². The van der Waals surface area contributed by atoms with Crippen LogP contribution in [0.1, 0.15) is 44.9 Å². The van der Waals surface area contributed by atoms with Gasteiger partial charge in [0.25, 0.3) is 0 Å². The number of rotatable bonds is 11. The van der Waals surface area contributed by atoms with Crippen LogP contribution in [0, 0.1) is 17.8 Å². The molecule has 2 atom stereocenters. The second kappa shape index (κ2) is 7.18. The summed E-state index contributed by atoms with van der Waals surface area (Å²) in [4.78, 5) is 21.3.